The average molecular weight is 568 g/mol. The van der Waals surface area contributed by atoms with E-state index in [1.165, 1.54) is 23.6 Å². The van der Waals surface area contributed by atoms with Crippen LogP contribution in [0.1, 0.15) is 71.3 Å². The summed E-state index contributed by atoms with van der Waals surface area (Å²) in [5.41, 5.74) is 2.93. The van der Waals surface area contributed by atoms with Gasteiger partial charge in [-0.25, -0.2) is 9.48 Å². The lowest BCUT2D eigenvalue weighted by Gasteiger charge is -2.33. The van der Waals surface area contributed by atoms with Crippen molar-refractivity contribution in [1.82, 2.24) is 20.3 Å². The lowest BCUT2D eigenvalue weighted by atomic mass is 9.94. The van der Waals surface area contributed by atoms with Crippen molar-refractivity contribution in [3.05, 3.63) is 89.5 Å². The number of benzene rings is 3. The lowest BCUT2D eigenvalue weighted by Crippen LogP contribution is -2.48. The van der Waals surface area contributed by atoms with E-state index in [2.05, 4.69) is 15.6 Å². The van der Waals surface area contributed by atoms with E-state index in [1.807, 2.05) is 18.2 Å². The number of hydrogen-bond donors (Lipinski definition) is 1. The first-order valence-electron chi connectivity index (χ1n) is 14.1. The van der Waals surface area contributed by atoms with E-state index >= 15 is 0 Å². The number of ketones is 1. The van der Waals surface area contributed by atoms with Crippen LogP contribution in [0.2, 0.25) is 0 Å². The van der Waals surface area contributed by atoms with Crippen LogP contribution in [0.5, 0.6) is 0 Å². The molecule has 10 heteroatoms. The van der Waals surface area contributed by atoms with Crippen LogP contribution in [0, 0.1) is 0 Å². The van der Waals surface area contributed by atoms with Gasteiger partial charge in [-0.15, -0.1) is 5.10 Å². The van der Waals surface area contributed by atoms with Crippen molar-refractivity contribution in [2.24, 2.45) is 0 Å². The Kier molecular flexibility index (Phi) is 8.71. The third-order valence-corrected chi connectivity index (χ3v) is 7.61. The number of para-hydroxylation sites is 1. The molecule has 1 saturated carbocycles. The minimum absolute atomic E-state index is 0.0112. The summed E-state index contributed by atoms with van der Waals surface area (Å²) in [5, 5.41) is 11.5. The molecular weight excluding hydrogens is 534 g/mol. The highest BCUT2D eigenvalue weighted by atomic mass is 16.5. The Morgan fingerprint density at radius 1 is 0.952 bits per heavy atom. The smallest absolute Gasteiger partial charge is 0.337 e. The third kappa shape index (κ3) is 6.22. The number of amides is 2. The summed E-state index contributed by atoms with van der Waals surface area (Å²) in [6.07, 6.45) is 4.88. The molecule has 0 spiro atoms. The molecule has 0 unspecified atom stereocenters. The average Bonchev–Trinajstić information content (AvgIpc) is 3.42. The summed E-state index contributed by atoms with van der Waals surface area (Å²) < 4.78 is 6.33. The number of methoxy groups -OCH3 is 1. The highest BCUT2D eigenvalue weighted by Gasteiger charge is 2.35. The van der Waals surface area contributed by atoms with Crippen molar-refractivity contribution in [2.75, 3.05) is 12.0 Å². The van der Waals surface area contributed by atoms with Gasteiger partial charge in [0.1, 0.15) is 18.1 Å². The van der Waals surface area contributed by atoms with E-state index in [0.29, 0.717) is 33.4 Å². The predicted molar refractivity (Wildman–Crippen MR) is 157 cm³/mol. The van der Waals surface area contributed by atoms with E-state index in [1.54, 1.807) is 54.6 Å². The van der Waals surface area contributed by atoms with Crippen LogP contribution < -0.4 is 10.2 Å². The van der Waals surface area contributed by atoms with E-state index < -0.39 is 17.9 Å². The summed E-state index contributed by atoms with van der Waals surface area (Å²) in [7, 11) is 1.30. The Labute approximate surface area is 243 Å². The minimum Gasteiger partial charge on any atom is -0.465 e. The Morgan fingerprint density at radius 3 is 2.40 bits per heavy atom. The molecule has 5 rings (SSSR count). The van der Waals surface area contributed by atoms with Crippen LogP contribution in [0.4, 0.5) is 5.69 Å². The molecule has 1 atom stereocenters. The van der Waals surface area contributed by atoms with Crippen LogP contribution >= 0.6 is 0 Å². The maximum absolute atomic E-state index is 14.3. The molecule has 42 heavy (non-hydrogen) atoms. The Balaban J connectivity index is 1.60. The molecule has 4 aromatic rings. The first kappa shape index (κ1) is 28.7. The van der Waals surface area contributed by atoms with Crippen molar-refractivity contribution in [1.29, 1.82) is 0 Å². The number of hydrogen-bond acceptors (Lipinski definition) is 7. The summed E-state index contributed by atoms with van der Waals surface area (Å²) >= 11 is 0. The fourth-order valence-corrected chi connectivity index (χ4v) is 5.41. The van der Waals surface area contributed by atoms with Crippen molar-refractivity contribution in [3.63, 3.8) is 0 Å². The number of fused-ring (bicyclic) bond motifs is 1. The number of nitrogens with one attached hydrogen (secondary N) is 1. The van der Waals surface area contributed by atoms with Crippen molar-refractivity contribution >= 4 is 40.3 Å². The number of carbonyl (C=O) groups is 4. The SMILES string of the molecule is COC(=O)c1ccc([C@H](C(=O)NC2CCCCC2)N(C(=O)Cn2nnc3ccccc32)c2cccc(C(C)=O)c2)cc1. The molecule has 2 amide bonds. The van der Waals surface area contributed by atoms with Gasteiger partial charge >= 0.3 is 5.97 Å². The first-order valence-corrected chi connectivity index (χ1v) is 14.1. The standard InChI is InChI=1S/C32H33N5O5/c1-21(38)24-9-8-12-26(19-24)37(29(39)20-36-28-14-7-6-13-27(28)34-35-36)30(31(40)33-25-10-4-3-5-11-25)22-15-17-23(18-16-22)32(41)42-2/h6-9,12-19,25,30H,3-5,10-11,20H2,1-2H3,(H,33,40)/t30-/m1/s1. The number of carbonyl (C=O) groups excluding carboxylic acids is 4. The highest BCUT2D eigenvalue weighted by Crippen LogP contribution is 2.31. The molecule has 216 valence electrons. The van der Waals surface area contributed by atoms with Crippen molar-refractivity contribution < 1.29 is 23.9 Å². The maximum Gasteiger partial charge on any atom is 0.337 e. The number of rotatable bonds is 9. The van der Waals surface area contributed by atoms with Crippen molar-refractivity contribution in [3.8, 4) is 0 Å². The molecule has 1 aliphatic rings. The molecule has 0 aliphatic heterocycles. The molecule has 1 N–H and O–H groups in total. The number of anilines is 1. The normalized spacial score (nSPS) is 14.2. The van der Waals surface area contributed by atoms with Crippen LogP contribution in [-0.4, -0.2) is 51.7 Å². The monoisotopic (exact) mass is 567 g/mol. The van der Waals surface area contributed by atoms with Gasteiger partial charge < -0.3 is 10.1 Å². The van der Waals surface area contributed by atoms with E-state index in [0.717, 1.165) is 32.1 Å². The second kappa shape index (κ2) is 12.8. The molecule has 1 fully saturated rings. The quantitative estimate of drug-likeness (QED) is 0.231. The number of aromatic nitrogens is 3. The van der Waals surface area contributed by atoms with Crippen LogP contribution in [-0.2, 0) is 20.9 Å². The van der Waals surface area contributed by atoms with Gasteiger partial charge in [0, 0.05) is 17.3 Å². The number of esters is 1. The van der Waals surface area contributed by atoms with Crippen LogP contribution in [0.3, 0.4) is 0 Å². The third-order valence-electron chi connectivity index (χ3n) is 7.61. The topological polar surface area (TPSA) is 123 Å². The van der Waals surface area contributed by atoms with Crippen LogP contribution in [0.15, 0.2) is 72.8 Å². The maximum atomic E-state index is 14.3. The van der Waals surface area contributed by atoms with E-state index in [4.69, 9.17) is 4.74 Å². The lowest BCUT2D eigenvalue weighted by molar-refractivity contribution is -0.127. The molecule has 1 aromatic heterocycles. The largest absolute Gasteiger partial charge is 0.465 e. The Morgan fingerprint density at radius 2 is 1.69 bits per heavy atom. The van der Waals surface area contributed by atoms with Gasteiger partial charge in [-0.1, -0.05) is 60.9 Å². The van der Waals surface area contributed by atoms with Crippen molar-refractivity contribution in [2.45, 2.75) is 57.7 Å². The molecule has 1 aliphatic carbocycles. The van der Waals surface area contributed by atoms with E-state index in [-0.39, 0.29) is 24.3 Å². The van der Waals surface area contributed by atoms with Gasteiger partial charge in [-0.2, -0.15) is 0 Å². The number of nitrogens with zero attached hydrogens (tertiary/aromatic N) is 4. The predicted octanol–water partition coefficient (Wildman–Crippen LogP) is 4.64. The van der Waals surface area contributed by atoms with Gasteiger partial charge in [-0.3, -0.25) is 19.3 Å². The zero-order valence-corrected chi connectivity index (χ0v) is 23.7. The summed E-state index contributed by atoms with van der Waals surface area (Å²) in [4.78, 5) is 54.3. The number of ether oxygens (including phenoxy) is 1. The Bertz CT molecular complexity index is 1610. The molecule has 1 heterocycles. The summed E-state index contributed by atoms with van der Waals surface area (Å²) in [5.74, 6) is -1.45. The second-order valence-electron chi connectivity index (χ2n) is 10.5. The molecule has 10 nitrogen and oxygen atoms in total. The molecule has 0 radical (unpaired) electrons. The summed E-state index contributed by atoms with van der Waals surface area (Å²) in [6.45, 7) is 1.25. The van der Waals surface area contributed by atoms with Gasteiger partial charge in [-0.05, 0) is 61.7 Å². The molecular formula is C32H33N5O5. The molecule has 3 aromatic carbocycles. The van der Waals surface area contributed by atoms with Gasteiger partial charge in [0.25, 0.3) is 0 Å². The fourth-order valence-electron chi connectivity index (χ4n) is 5.41. The second-order valence-corrected chi connectivity index (χ2v) is 10.5. The van der Waals surface area contributed by atoms with E-state index in [9.17, 15) is 19.2 Å². The molecule has 0 bridgehead atoms. The minimum atomic E-state index is -1.09. The highest BCUT2D eigenvalue weighted by molar-refractivity contribution is 6.03. The fraction of sp³-hybridized carbons (Fsp3) is 0.312. The zero-order valence-electron chi connectivity index (χ0n) is 23.7. The van der Waals surface area contributed by atoms with Gasteiger partial charge in [0.15, 0.2) is 5.78 Å². The zero-order chi connectivity index (χ0) is 29.6. The van der Waals surface area contributed by atoms with Gasteiger partial charge in [0.05, 0.1) is 18.2 Å². The molecule has 0 saturated heterocycles. The first-order chi connectivity index (χ1) is 20.4. The number of Topliss-reactive ketones (excluding diaryl/α,β-unsaturated/α-hetero) is 1. The van der Waals surface area contributed by atoms with Crippen LogP contribution in [0.25, 0.3) is 11.0 Å². The summed E-state index contributed by atoms with van der Waals surface area (Å²) in [6, 6.07) is 19.3. The van der Waals surface area contributed by atoms with Gasteiger partial charge in [0.2, 0.25) is 11.8 Å². The Hall–Kier alpha value is -4.86.